The highest BCUT2D eigenvalue weighted by molar-refractivity contribution is 14.1. The molecule has 6 nitrogen and oxygen atoms in total. The molecule has 0 atom stereocenters. The first-order chi connectivity index (χ1) is 9.47. The summed E-state index contributed by atoms with van der Waals surface area (Å²) in [6.45, 7) is 1.68. The van der Waals surface area contributed by atoms with Crippen LogP contribution in [0.5, 0.6) is 0 Å². The molecule has 0 aliphatic rings. The minimum Gasteiger partial charge on any atom is -0.399 e. The highest BCUT2D eigenvalue weighted by Crippen LogP contribution is 2.10. The van der Waals surface area contributed by atoms with Gasteiger partial charge in [0.25, 0.3) is 5.56 Å². The summed E-state index contributed by atoms with van der Waals surface area (Å²) in [5.74, 6) is -0.293. The quantitative estimate of drug-likeness (QED) is 0.618. The van der Waals surface area contributed by atoms with E-state index in [1.54, 1.807) is 31.2 Å². The fourth-order valence-corrected chi connectivity index (χ4v) is 2.03. The average molecular weight is 384 g/mol. The molecule has 2 rings (SSSR count). The lowest BCUT2D eigenvalue weighted by Crippen LogP contribution is -2.29. The summed E-state index contributed by atoms with van der Waals surface area (Å²) in [7, 11) is 0. The van der Waals surface area contributed by atoms with Crippen molar-refractivity contribution in [1.82, 2.24) is 9.55 Å². The Labute approximate surface area is 129 Å². The Bertz CT molecular complexity index is 695. The molecule has 0 aliphatic heterocycles. The molecule has 1 aromatic carbocycles. The van der Waals surface area contributed by atoms with Crippen LogP contribution in [0.4, 0.5) is 11.4 Å². The van der Waals surface area contributed by atoms with Crippen LogP contribution in [0.2, 0.25) is 0 Å². The maximum Gasteiger partial charge on any atom is 0.267 e. The van der Waals surface area contributed by atoms with Crippen LogP contribution >= 0.6 is 22.6 Å². The molecular weight excluding hydrogens is 371 g/mol. The van der Waals surface area contributed by atoms with E-state index in [0.717, 1.165) is 0 Å². The minimum atomic E-state index is -0.293. The number of aromatic nitrogens is 2. The van der Waals surface area contributed by atoms with Gasteiger partial charge in [-0.25, -0.2) is 4.98 Å². The number of halogens is 1. The molecule has 0 fully saturated rings. The van der Waals surface area contributed by atoms with Crippen molar-refractivity contribution < 1.29 is 4.79 Å². The third kappa shape index (κ3) is 3.35. The second kappa shape index (κ2) is 6.04. The van der Waals surface area contributed by atoms with Gasteiger partial charge in [-0.05, 0) is 53.8 Å². The van der Waals surface area contributed by atoms with Crippen LogP contribution in [0.15, 0.2) is 35.4 Å². The largest absolute Gasteiger partial charge is 0.399 e. The Kier molecular flexibility index (Phi) is 4.38. The van der Waals surface area contributed by atoms with Gasteiger partial charge in [-0.1, -0.05) is 0 Å². The van der Waals surface area contributed by atoms with Crippen molar-refractivity contribution in [2.24, 2.45) is 0 Å². The number of amides is 1. The predicted molar refractivity (Wildman–Crippen MR) is 85.4 cm³/mol. The number of nitrogen functional groups attached to an aromatic ring is 1. The smallest absolute Gasteiger partial charge is 0.267 e. The van der Waals surface area contributed by atoms with Gasteiger partial charge in [-0.15, -0.1) is 0 Å². The lowest BCUT2D eigenvalue weighted by Gasteiger charge is -2.08. The Morgan fingerprint density at radius 3 is 2.70 bits per heavy atom. The number of aryl methyl sites for hydroxylation is 1. The number of anilines is 2. The van der Waals surface area contributed by atoms with E-state index in [0.29, 0.717) is 20.6 Å². The van der Waals surface area contributed by atoms with Crippen LogP contribution in [0, 0.1) is 10.5 Å². The SMILES string of the molecule is Cc1ncn(CC(=O)Nc2ccc(N)cc2)c(=O)c1I. The summed E-state index contributed by atoms with van der Waals surface area (Å²) in [6.07, 6.45) is 1.38. The molecule has 0 spiro atoms. The number of hydrogen-bond acceptors (Lipinski definition) is 4. The van der Waals surface area contributed by atoms with Crippen molar-refractivity contribution in [1.29, 1.82) is 0 Å². The Hall–Kier alpha value is -1.90. The predicted octanol–water partition coefficient (Wildman–Crippen LogP) is 1.38. The van der Waals surface area contributed by atoms with Gasteiger partial charge >= 0.3 is 0 Å². The molecule has 0 saturated carbocycles. The Balaban J connectivity index is 2.11. The number of nitrogens with two attached hydrogens (primary N) is 1. The molecule has 0 unspecified atom stereocenters. The lowest BCUT2D eigenvalue weighted by molar-refractivity contribution is -0.116. The zero-order valence-corrected chi connectivity index (χ0v) is 12.9. The number of nitrogens with zero attached hydrogens (tertiary/aromatic N) is 2. The molecule has 1 aromatic heterocycles. The summed E-state index contributed by atoms with van der Waals surface area (Å²) in [5, 5.41) is 2.69. The van der Waals surface area contributed by atoms with E-state index in [1.165, 1.54) is 10.9 Å². The van der Waals surface area contributed by atoms with E-state index in [4.69, 9.17) is 5.73 Å². The second-order valence-corrected chi connectivity index (χ2v) is 5.33. The van der Waals surface area contributed by atoms with Crippen molar-refractivity contribution in [3.8, 4) is 0 Å². The van der Waals surface area contributed by atoms with Crippen molar-refractivity contribution in [3.05, 3.63) is 50.2 Å². The van der Waals surface area contributed by atoms with Crippen LogP contribution < -0.4 is 16.6 Å². The van der Waals surface area contributed by atoms with Gasteiger partial charge in [-0.2, -0.15) is 0 Å². The van der Waals surface area contributed by atoms with E-state index in [2.05, 4.69) is 10.3 Å². The monoisotopic (exact) mass is 384 g/mol. The molecule has 7 heteroatoms. The Morgan fingerprint density at radius 1 is 1.40 bits per heavy atom. The van der Waals surface area contributed by atoms with Crippen molar-refractivity contribution in [3.63, 3.8) is 0 Å². The molecule has 20 heavy (non-hydrogen) atoms. The first-order valence-electron chi connectivity index (χ1n) is 5.84. The van der Waals surface area contributed by atoms with Crippen LogP contribution in [0.3, 0.4) is 0 Å². The number of benzene rings is 1. The molecule has 0 bridgehead atoms. The standard InChI is InChI=1S/C13H13IN4O2/c1-8-12(14)13(20)18(7-16-8)6-11(19)17-10-4-2-9(15)3-5-10/h2-5,7H,6,15H2,1H3,(H,17,19). The number of rotatable bonds is 3. The number of carbonyl (C=O) groups is 1. The van der Waals surface area contributed by atoms with E-state index in [1.807, 2.05) is 22.6 Å². The number of carbonyl (C=O) groups excluding carboxylic acids is 1. The topological polar surface area (TPSA) is 90.0 Å². The summed E-state index contributed by atoms with van der Waals surface area (Å²) in [6, 6.07) is 6.79. The van der Waals surface area contributed by atoms with Gasteiger partial charge in [0.2, 0.25) is 5.91 Å². The molecule has 1 amide bonds. The van der Waals surface area contributed by atoms with Gasteiger partial charge in [0.15, 0.2) is 0 Å². The summed E-state index contributed by atoms with van der Waals surface area (Å²) < 4.78 is 1.80. The fraction of sp³-hybridized carbons (Fsp3) is 0.154. The highest BCUT2D eigenvalue weighted by Gasteiger charge is 2.09. The van der Waals surface area contributed by atoms with Gasteiger partial charge in [-0.3, -0.25) is 14.2 Å². The average Bonchev–Trinajstić information content (AvgIpc) is 2.42. The minimum absolute atomic E-state index is 0.0769. The fourth-order valence-electron chi connectivity index (χ4n) is 1.58. The second-order valence-electron chi connectivity index (χ2n) is 4.25. The molecular formula is C13H13IN4O2. The van der Waals surface area contributed by atoms with Gasteiger partial charge in [0.1, 0.15) is 6.54 Å². The van der Waals surface area contributed by atoms with Crippen molar-refractivity contribution in [2.45, 2.75) is 13.5 Å². The first kappa shape index (κ1) is 14.5. The van der Waals surface area contributed by atoms with Gasteiger partial charge in [0.05, 0.1) is 15.6 Å². The van der Waals surface area contributed by atoms with E-state index in [-0.39, 0.29) is 18.0 Å². The molecule has 0 saturated heterocycles. The zero-order valence-electron chi connectivity index (χ0n) is 10.8. The highest BCUT2D eigenvalue weighted by atomic mass is 127. The van der Waals surface area contributed by atoms with E-state index < -0.39 is 0 Å². The molecule has 3 N–H and O–H groups in total. The maximum atomic E-state index is 11.9. The van der Waals surface area contributed by atoms with Crippen LogP contribution in [0.25, 0.3) is 0 Å². The third-order valence-electron chi connectivity index (χ3n) is 2.67. The normalized spacial score (nSPS) is 10.3. The molecule has 0 radical (unpaired) electrons. The van der Waals surface area contributed by atoms with Crippen LogP contribution in [0.1, 0.15) is 5.69 Å². The van der Waals surface area contributed by atoms with Gasteiger partial charge < -0.3 is 11.1 Å². The zero-order chi connectivity index (χ0) is 14.7. The third-order valence-corrected chi connectivity index (χ3v) is 3.91. The summed E-state index contributed by atoms with van der Waals surface area (Å²) >= 11 is 1.93. The molecule has 2 aromatic rings. The van der Waals surface area contributed by atoms with Crippen LogP contribution in [-0.4, -0.2) is 15.5 Å². The number of hydrogen-bond donors (Lipinski definition) is 2. The molecule has 1 heterocycles. The summed E-state index contributed by atoms with van der Waals surface area (Å²) in [5.41, 5.74) is 7.26. The first-order valence-corrected chi connectivity index (χ1v) is 6.92. The Morgan fingerprint density at radius 2 is 2.05 bits per heavy atom. The molecule has 104 valence electrons. The lowest BCUT2D eigenvalue weighted by atomic mass is 10.3. The van der Waals surface area contributed by atoms with E-state index in [9.17, 15) is 9.59 Å². The van der Waals surface area contributed by atoms with E-state index >= 15 is 0 Å². The number of nitrogens with one attached hydrogen (secondary N) is 1. The van der Waals surface area contributed by atoms with Crippen LogP contribution in [-0.2, 0) is 11.3 Å². The van der Waals surface area contributed by atoms with Crippen molar-refractivity contribution in [2.75, 3.05) is 11.1 Å². The van der Waals surface area contributed by atoms with Crippen molar-refractivity contribution >= 4 is 39.9 Å². The summed E-state index contributed by atoms with van der Waals surface area (Å²) in [4.78, 5) is 27.9. The molecule has 0 aliphatic carbocycles. The van der Waals surface area contributed by atoms with Gasteiger partial charge in [0, 0.05) is 11.4 Å². The maximum absolute atomic E-state index is 11.9.